The van der Waals surface area contributed by atoms with Gasteiger partial charge in [0.15, 0.2) is 5.17 Å². The summed E-state index contributed by atoms with van der Waals surface area (Å²) in [4.78, 5) is 4.75. The number of nitrogens with zero attached hydrogens (tertiary/aromatic N) is 1. The fourth-order valence-corrected chi connectivity index (χ4v) is 3.32. The van der Waals surface area contributed by atoms with E-state index in [4.69, 9.17) is 9.73 Å². The maximum Gasteiger partial charge on any atom is 0.157 e. The lowest BCUT2D eigenvalue weighted by molar-refractivity contribution is 0.0527. The average Bonchev–Trinajstić information content (AvgIpc) is 2.66. The number of hydrogen-bond acceptors (Lipinski definition) is 4. The largest absolute Gasteiger partial charge is 0.381 e. The van der Waals surface area contributed by atoms with Gasteiger partial charge in [0.25, 0.3) is 0 Å². The normalized spacial score (nSPS) is 29.2. The molecule has 1 atom stereocenters. The molecule has 0 radical (unpaired) electrons. The van der Waals surface area contributed by atoms with Gasteiger partial charge in [0.2, 0.25) is 0 Å². The molecule has 1 unspecified atom stereocenters. The van der Waals surface area contributed by atoms with E-state index < -0.39 is 0 Å². The van der Waals surface area contributed by atoms with Gasteiger partial charge in [-0.2, -0.15) is 0 Å². The molecule has 3 nitrogen and oxygen atoms in total. The molecule has 1 saturated heterocycles. The van der Waals surface area contributed by atoms with Gasteiger partial charge in [-0.25, -0.2) is 0 Å². The van der Waals surface area contributed by atoms with Crippen molar-refractivity contribution in [1.82, 2.24) is 5.32 Å². The molecule has 2 aliphatic heterocycles. The SMILES string of the molecule is CC(C)C1CSC(NC2(C)CCOCC2)=N1. The van der Waals surface area contributed by atoms with E-state index in [-0.39, 0.29) is 5.54 Å². The second kappa shape index (κ2) is 4.96. The van der Waals surface area contributed by atoms with E-state index in [9.17, 15) is 0 Å². The fraction of sp³-hybridized carbons (Fsp3) is 0.917. The molecule has 0 spiro atoms. The summed E-state index contributed by atoms with van der Waals surface area (Å²) >= 11 is 1.87. The monoisotopic (exact) mass is 242 g/mol. The predicted molar refractivity (Wildman–Crippen MR) is 70.1 cm³/mol. The lowest BCUT2D eigenvalue weighted by Crippen LogP contribution is -2.48. The molecular formula is C12H22N2OS. The topological polar surface area (TPSA) is 33.6 Å². The molecule has 0 saturated carbocycles. The number of hydrogen-bond donors (Lipinski definition) is 1. The molecule has 0 aliphatic carbocycles. The van der Waals surface area contributed by atoms with E-state index in [2.05, 4.69) is 26.1 Å². The quantitative estimate of drug-likeness (QED) is 0.806. The Bertz CT molecular complexity index is 272. The lowest BCUT2D eigenvalue weighted by Gasteiger charge is -2.35. The van der Waals surface area contributed by atoms with Crippen LogP contribution in [0.15, 0.2) is 4.99 Å². The summed E-state index contributed by atoms with van der Waals surface area (Å²) in [5.74, 6) is 1.78. The summed E-state index contributed by atoms with van der Waals surface area (Å²) in [6, 6.07) is 0.496. The van der Waals surface area contributed by atoms with Crippen molar-refractivity contribution in [2.45, 2.75) is 45.2 Å². The highest BCUT2D eigenvalue weighted by Crippen LogP contribution is 2.26. The first-order valence-corrected chi connectivity index (χ1v) is 7.14. The Balaban J connectivity index is 1.92. The average molecular weight is 242 g/mol. The van der Waals surface area contributed by atoms with Crippen LogP contribution in [0.5, 0.6) is 0 Å². The van der Waals surface area contributed by atoms with Gasteiger partial charge in [-0.05, 0) is 25.7 Å². The Hall–Kier alpha value is -0.220. The highest BCUT2D eigenvalue weighted by atomic mass is 32.2. The minimum Gasteiger partial charge on any atom is -0.381 e. The van der Waals surface area contributed by atoms with Gasteiger partial charge in [0.1, 0.15) is 0 Å². The maximum atomic E-state index is 5.40. The molecule has 0 amide bonds. The molecule has 0 aromatic carbocycles. The van der Waals surface area contributed by atoms with Crippen molar-refractivity contribution in [2.75, 3.05) is 19.0 Å². The van der Waals surface area contributed by atoms with Crippen molar-refractivity contribution < 1.29 is 4.74 Å². The fourth-order valence-electron chi connectivity index (χ4n) is 2.00. The van der Waals surface area contributed by atoms with Gasteiger partial charge in [0.05, 0.1) is 6.04 Å². The first-order chi connectivity index (χ1) is 7.59. The molecule has 92 valence electrons. The van der Waals surface area contributed by atoms with E-state index in [1.54, 1.807) is 0 Å². The number of ether oxygens (including phenoxy) is 1. The summed E-state index contributed by atoms with van der Waals surface area (Å²) in [5, 5.41) is 4.75. The van der Waals surface area contributed by atoms with Crippen LogP contribution in [0, 0.1) is 5.92 Å². The van der Waals surface area contributed by atoms with E-state index in [1.165, 1.54) is 0 Å². The van der Waals surface area contributed by atoms with E-state index in [0.717, 1.165) is 37.0 Å². The summed E-state index contributed by atoms with van der Waals surface area (Å²) in [7, 11) is 0. The Labute approximate surface area is 102 Å². The van der Waals surface area contributed by atoms with Crippen LogP contribution in [0.25, 0.3) is 0 Å². The zero-order chi connectivity index (χ0) is 11.6. The Morgan fingerprint density at radius 1 is 1.44 bits per heavy atom. The Morgan fingerprint density at radius 3 is 2.69 bits per heavy atom. The van der Waals surface area contributed by atoms with Gasteiger partial charge in [-0.3, -0.25) is 4.99 Å². The minimum absolute atomic E-state index is 0.190. The van der Waals surface area contributed by atoms with Crippen molar-refractivity contribution in [3.05, 3.63) is 0 Å². The molecule has 4 heteroatoms. The third kappa shape index (κ3) is 2.92. The third-order valence-electron chi connectivity index (χ3n) is 3.45. The molecule has 2 rings (SSSR count). The van der Waals surface area contributed by atoms with Gasteiger partial charge in [-0.15, -0.1) is 0 Å². The van der Waals surface area contributed by atoms with Crippen molar-refractivity contribution >= 4 is 16.9 Å². The molecule has 2 heterocycles. The summed E-state index contributed by atoms with van der Waals surface area (Å²) in [6.07, 6.45) is 2.16. The first-order valence-electron chi connectivity index (χ1n) is 6.16. The smallest absolute Gasteiger partial charge is 0.157 e. The second-order valence-electron chi connectivity index (χ2n) is 5.35. The third-order valence-corrected chi connectivity index (χ3v) is 4.44. The van der Waals surface area contributed by atoms with Gasteiger partial charge in [-0.1, -0.05) is 25.6 Å². The molecule has 1 fully saturated rings. The molecule has 16 heavy (non-hydrogen) atoms. The highest BCUT2D eigenvalue weighted by Gasteiger charge is 2.30. The molecular weight excluding hydrogens is 220 g/mol. The summed E-state index contributed by atoms with van der Waals surface area (Å²) in [5.41, 5.74) is 0.190. The van der Waals surface area contributed by atoms with Crippen molar-refractivity contribution in [1.29, 1.82) is 0 Å². The zero-order valence-electron chi connectivity index (χ0n) is 10.5. The number of thioether (sulfide) groups is 1. The van der Waals surface area contributed by atoms with Crippen LogP contribution in [0.1, 0.15) is 33.6 Å². The number of rotatable bonds is 2. The van der Waals surface area contributed by atoms with Crippen molar-refractivity contribution in [2.24, 2.45) is 10.9 Å². The molecule has 0 bridgehead atoms. The lowest BCUT2D eigenvalue weighted by atomic mass is 9.93. The minimum atomic E-state index is 0.190. The van der Waals surface area contributed by atoms with Crippen LogP contribution in [-0.4, -0.2) is 35.7 Å². The Kier molecular flexibility index (Phi) is 3.80. The molecule has 2 aliphatic rings. The van der Waals surface area contributed by atoms with Crippen molar-refractivity contribution in [3.8, 4) is 0 Å². The predicted octanol–water partition coefficient (Wildman–Crippen LogP) is 2.27. The molecule has 1 N–H and O–H groups in total. The second-order valence-corrected chi connectivity index (χ2v) is 6.36. The molecule has 0 aromatic rings. The number of nitrogens with one attached hydrogen (secondary N) is 1. The number of aliphatic imine (C=N–C) groups is 1. The molecule has 0 aromatic heterocycles. The van der Waals surface area contributed by atoms with Crippen LogP contribution >= 0.6 is 11.8 Å². The highest BCUT2D eigenvalue weighted by molar-refractivity contribution is 8.14. The van der Waals surface area contributed by atoms with Gasteiger partial charge < -0.3 is 10.1 Å². The van der Waals surface area contributed by atoms with Crippen LogP contribution in [0.2, 0.25) is 0 Å². The Morgan fingerprint density at radius 2 is 2.12 bits per heavy atom. The van der Waals surface area contributed by atoms with Gasteiger partial charge >= 0.3 is 0 Å². The van der Waals surface area contributed by atoms with Crippen molar-refractivity contribution in [3.63, 3.8) is 0 Å². The van der Waals surface area contributed by atoms with Crippen LogP contribution < -0.4 is 5.32 Å². The van der Waals surface area contributed by atoms with Crippen LogP contribution in [0.4, 0.5) is 0 Å². The van der Waals surface area contributed by atoms with Crippen LogP contribution in [-0.2, 0) is 4.74 Å². The number of amidine groups is 1. The summed E-state index contributed by atoms with van der Waals surface area (Å²) < 4.78 is 5.40. The first kappa shape index (κ1) is 12.2. The maximum absolute atomic E-state index is 5.40. The zero-order valence-corrected chi connectivity index (χ0v) is 11.3. The van der Waals surface area contributed by atoms with E-state index >= 15 is 0 Å². The standard InChI is InChI=1S/C12H22N2OS/c1-9(2)10-8-16-11(13-10)14-12(3)4-6-15-7-5-12/h9-10H,4-8H2,1-3H3,(H,13,14). The van der Waals surface area contributed by atoms with Crippen LogP contribution in [0.3, 0.4) is 0 Å². The van der Waals surface area contributed by atoms with Gasteiger partial charge in [0, 0.05) is 24.5 Å². The summed E-state index contributed by atoms with van der Waals surface area (Å²) in [6.45, 7) is 8.51. The van der Waals surface area contributed by atoms with E-state index in [0.29, 0.717) is 12.0 Å². The van der Waals surface area contributed by atoms with E-state index in [1.807, 2.05) is 11.8 Å².